The summed E-state index contributed by atoms with van der Waals surface area (Å²) in [5, 5.41) is 3.08. The van der Waals surface area contributed by atoms with Gasteiger partial charge in [0.2, 0.25) is 5.91 Å². The van der Waals surface area contributed by atoms with Crippen LogP contribution in [0.2, 0.25) is 0 Å². The Morgan fingerprint density at radius 3 is 2.84 bits per heavy atom. The standard InChI is InChI=1S/C22H28N8O/c31-22(24-12-17-5-1-2-8-23-17)16-4-3-9-30(13-16)18-6-10-29(11-7-18)21-19-20(26-14-25-19)27-15-28-21/h1-2,5,8,14-16,18H,3-4,6-7,9-13H2,(H,24,31)(H,25,26,27,28)/t16-/m1/s1. The number of imidazole rings is 1. The molecule has 0 aromatic carbocycles. The zero-order chi connectivity index (χ0) is 21.0. The minimum absolute atomic E-state index is 0.0574. The highest BCUT2D eigenvalue weighted by Crippen LogP contribution is 2.27. The van der Waals surface area contributed by atoms with Crippen LogP contribution in [0.3, 0.4) is 0 Å². The average molecular weight is 421 g/mol. The lowest BCUT2D eigenvalue weighted by atomic mass is 9.93. The second kappa shape index (κ2) is 8.97. The number of nitrogens with one attached hydrogen (secondary N) is 2. The zero-order valence-electron chi connectivity index (χ0n) is 17.6. The molecule has 3 aromatic heterocycles. The second-order valence-corrected chi connectivity index (χ2v) is 8.39. The van der Waals surface area contributed by atoms with E-state index in [1.54, 1.807) is 18.9 Å². The van der Waals surface area contributed by atoms with Gasteiger partial charge in [-0.15, -0.1) is 0 Å². The molecule has 2 aliphatic heterocycles. The number of aromatic amines is 1. The molecule has 9 nitrogen and oxygen atoms in total. The predicted octanol–water partition coefficient (Wildman–Crippen LogP) is 1.75. The molecule has 31 heavy (non-hydrogen) atoms. The minimum Gasteiger partial charge on any atom is -0.355 e. The molecule has 0 aliphatic carbocycles. The van der Waals surface area contributed by atoms with Gasteiger partial charge >= 0.3 is 0 Å². The molecule has 0 unspecified atom stereocenters. The maximum absolute atomic E-state index is 12.7. The van der Waals surface area contributed by atoms with Crippen LogP contribution in [0.15, 0.2) is 37.1 Å². The highest BCUT2D eigenvalue weighted by atomic mass is 16.1. The summed E-state index contributed by atoms with van der Waals surface area (Å²) in [6.45, 7) is 4.31. The lowest BCUT2D eigenvalue weighted by Gasteiger charge is -2.42. The largest absolute Gasteiger partial charge is 0.355 e. The van der Waals surface area contributed by atoms with Crippen molar-refractivity contribution in [1.82, 2.24) is 35.1 Å². The van der Waals surface area contributed by atoms with E-state index in [0.29, 0.717) is 18.2 Å². The van der Waals surface area contributed by atoms with Crippen molar-refractivity contribution in [2.75, 3.05) is 31.1 Å². The van der Waals surface area contributed by atoms with Crippen LogP contribution in [0, 0.1) is 5.92 Å². The van der Waals surface area contributed by atoms with Crippen LogP contribution < -0.4 is 10.2 Å². The van der Waals surface area contributed by atoms with E-state index in [9.17, 15) is 4.79 Å². The van der Waals surface area contributed by atoms with Crippen LogP contribution in [0.4, 0.5) is 5.82 Å². The van der Waals surface area contributed by atoms with Gasteiger partial charge in [-0.3, -0.25) is 14.7 Å². The maximum atomic E-state index is 12.7. The number of H-pyrrole nitrogens is 1. The number of likely N-dealkylation sites (tertiary alicyclic amines) is 1. The monoisotopic (exact) mass is 420 g/mol. The zero-order valence-corrected chi connectivity index (χ0v) is 17.6. The van der Waals surface area contributed by atoms with Gasteiger partial charge in [0.05, 0.1) is 24.5 Å². The van der Waals surface area contributed by atoms with E-state index in [0.717, 1.165) is 68.9 Å². The SMILES string of the molecule is O=C(NCc1ccccn1)[C@@H]1CCCN(C2CCN(c3ncnc4nc[nH]c34)CC2)C1. The highest BCUT2D eigenvalue weighted by Gasteiger charge is 2.32. The fourth-order valence-corrected chi connectivity index (χ4v) is 4.81. The van der Waals surface area contributed by atoms with Crippen LogP contribution >= 0.6 is 0 Å². The van der Waals surface area contributed by atoms with E-state index in [1.165, 1.54) is 0 Å². The fraction of sp³-hybridized carbons (Fsp3) is 0.500. The number of anilines is 1. The number of amides is 1. The van der Waals surface area contributed by atoms with Crippen molar-refractivity contribution in [2.24, 2.45) is 5.92 Å². The van der Waals surface area contributed by atoms with E-state index in [2.05, 4.69) is 40.0 Å². The molecule has 3 aromatic rings. The first-order valence-electron chi connectivity index (χ1n) is 11.1. The number of rotatable bonds is 5. The van der Waals surface area contributed by atoms with E-state index in [-0.39, 0.29) is 11.8 Å². The molecule has 162 valence electrons. The molecular weight excluding hydrogens is 392 g/mol. The van der Waals surface area contributed by atoms with Gasteiger partial charge < -0.3 is 15.2 Å². The molecular formula is C22H28N8O. The summed E-state index contributed by atoms with van der Waals surface area (Å²) in [6.07, 6.45) is 9.19. The quantitative estimate of drug-likeness (QED) is 0.648. The maximum Gasteiger partial charge on any atom is 0.224 e. The van der Waals surface area contributed by atoms with Crippen LogP contribution in [-0.4, -0.2) is 67.9 Å². The molecule has 1 atom stereocenters. The van der Waals surface area contributed by atoms with E-state index < -0.39 is 0 Å². The molecule has 0 radical (unpaired) electrons. The van der Waals surface area contributed by atoms with E-state index in [4.69, 9.17) is 0 Å². The number of hydrogen-bond acceptors (Lipinski definition) is 7. The Morgan fingerprint density at radius 1 is 1.10 bits per heavy atom. The van der Waals surface area contributed by atoms with Crippen molar-refractivity contribution in [3.63, 3.8) is 0 Å². The average Bonchev–Trinajstić information content (AvgIpc) is 3.32. The van der Waals surface area contributed by atoms with Crippen molar-refractivity contribution < 1.29 is 4.79 Å². The molecule has 2 aliphatic rings. The third-order valence-corrected chi connectivity index (χ3v) is 6.48. The van der Waals surface area contributed by atoms with Crippen LogP contribution in [0.5, 0.6) is 0 Å². The Kier molecular flexibility index (Phi) is 5.75. The van der Waals surface area contributed by atoms with Gasteiger partial charge in [0.25, 0.3) is 0 Å². The molecule has 5 heterocycles. The van der Waals surface area contributed by atoms with E-state index >= 15 is 0 Å². The molecule has 1 amide bonds. The molecule has 5 rings (SSSR count). The van der Waals surface area contributed by atoms with Gasteiger partial charge in [-0.2, -0.15) is 0 Å². The number of nitrogens with zero attached hydrogens (tertiary/aromatic N) is 6. The van der Waals surface area contributed by atoms with Crippen molar-refractivity contribution in [3.05, 3.63) is 42.7 Å². The Hall–Kier alpha value is -3.07. The van der Waals surface area contributed by atoms with Gasteiger partial charge in [-0.05, 0) is 44.4 Å². The Labute approximate surface area is 181 Å². The molecule has 2 saturated heterocycles. The summed E-state index contributed by atoms with van der Waals surface area (Å²) in [4.78, 5) is 38.0. The lowest BCUT2D eigenvalue weighted by Crippen LogP contribution is -2.51. The highest BCUT2D eigenvalue weighted by molar-refractivity contribution is 5.82. The summed E-state index contributed by atoms with van der Waals surface area (Å²) in [5.41, 5.74) is 2.51. The number of pyridine rings is 1. The number of carbonyl (C=O) groups is 1. The Balaban J connectivity index is 1.15. The van der Waals surface area contributed by atoms with Gasteiger partial charge in [-0.1, -0.05) is 6.07 Å². The molecule has 9 heteroatoms. The number of fused-ring (bicyclic) bond motifs is 1. The molecule has 0 bridgehead atoms. The smallest absolute Gasteiger partial charge is 0.224 e. The first kappa shape index (κ1) is 19.9. The van der Waals surface area contributed by atoms with Gasteiger partial charge in [0.15, 0.2) is 11.5 Å². The van der Waals surface area contributed by atoms with Gasteiger partial charge in [0, 0.05) is 31.9 Å². The summed E-state index contributed by atoms with van der Waals surface area (Å²) in [6, 6.07) is 6.29. The van der Waals surface area contributed by atoms with Crippen molar-refractivity contribution in [3.8, 4) is 0 Å². The number of hydrogen-bond donors (Lipinski definition) is 2. The molecule has 2 N–H and O–H groups in total. The Bertz CT molecular complexity index is 1010. The number of aromatic nitrogens is 5. The number of carbonyl (C=O) groups excluding carboxylic acids is 1. The van der Waals surface area contributed by atoms with Crippen molar-refractivity contribution in [2.45, 2.75) is 38.3 Å². The van der Waals surface area contributed by atoms with E-state index in [1.807, 2.05) is 18.2 Å². The number of piperidine rings is 2. The van der Waals surface area contributed by atoms with Gasteiger partial charge in [0.1, 0.15) is 11.8 Å². The van der Waals surface area contributed by atoms with Crippen LogP contribution in [-0.2, 0) is 11.3 Å². The molecule has 0 spiro atoms. The van der Waals surface area contributed by atoms with Gasteiger partial charge in [-0.25, -0.2) is 15.0 Å². The molecule has 2 fully saturated rings. The molecule has 0 saturated carbocycles. The third-order valence-electron chi connectivity index (χ3n) is 6.48. The topological polar surface area (TPSA) is 103 Å². The first-order valence-corrected chi connectivity index (χ1v) is 11.1. The predicted molar refractivity (Wildman–Crippen MR) is 117 cm³/mol. The van der Waals surface area contributed by atoms with Crippen molar-refractivity contribution in [1.29, 1.82) is 0 Å². The normalized spacial score (nSPS) is 20.8. The van der Waals surface area contributed by atoms with Crippen molar-refractivity contribution >= 4 is 22.9 Å². The Morgan fingerprint density at radius 2 is 2.00 bits per heavy atom. The lowest BCUT2D eigenvalue weighted by molar-refractivity contribution is -0.127. The van der Waals surface area contributed by atoms with Crippen LogP contribution in [0.1, 0.15) is 31.4 Å². The summed E-state index contributed by atoms with van der Waals surface area (Å²) < 4.78 is 0. The minimum atomic E-state index is 0.0574. The van der Waals surface area contributed by atoms with Crippen LogP contribution in [0.25, 0.3) is 11.2 Å². The summed E-state index contributed by atoms with van der Waals surface area (Å²) in [7, 11) is 0. The fourth-order valence-electron chi connectivity index (χ4n) is 4.81. The first-order chi connectivity index (χ1) is 15.3. The summed E-state index contributed by atoms with van der Waals surface area (Å²) >= 11 is 0. The summed E-state index contributed by atoms with van der Waals surface area (Å²) in [5.74, 6) is 1.14. The second-order valence-electron chi connectivity index (χ2n) is 8.39. The third kappa shape index (κ3) is 4.36.